The van der Waals surface area contributed by atoms with Crippen LogP contribution >= 0.6 is 0 Å². The Morgan fingerprint density at radius 2 is 2.42 bits per heavy atom. The van der Waals surface area contributed by atoms with Crippen molar-refractivity contribution in [1.82, 2.24) is 5.32 Å². The standard InChI is InChI=1S/C13H16N4O2/c1-19-13(18)16-10-5-6-17(8-10)11-4-2-3-9(7-14)12(11)15/h2-4,10H,5-6,8,15H2,1H3,(H,16,18). The molecule has 0 bridgehead atoms. The van der Waals surface area contributed by atoms with E-state index in [0.717, 1.165) is 18.7 Å². The van der Waals surface area contributed by atoms with Gasteiger partial charge in [-0.1, -0.05) is 6.07 Å². The van der Waals surface area contributed by atoms with Crippen LogP contribution in [0.5, 0.6) is 0 Å². The number of hydrogen-bond donors (Lipinski definition) is 2. The van der Waals surface area contributed by atoms with Gasteiger partial charge in [0.15, 0.2) is 0 Å². The second-order valence-corrected chi connectivity index (χ2v) is 4.42. The van der Waals surface area contributed by atoms with Gasteiger partial charge in [-0.3, -0.25) is 0 Å². The zero-order valence-electron chi connectivity index (χ0n) is 10.7. The molecule has 2 rings (SSSR count). The lowest BCUT2D eigenvalue weighted by Crippen LogP contribution is -2.37. The first-order valence-electron chi connectivity index (χ1n) is 6.03. The van der Waals surface area contributed by atoms with E-state index in [4.69, 9.17) is 11.0 Å². The van der Waals surface area contributed by atoms with Gasteiger partial charge in [0.25, 0.3) is 0 Å². The number of nitrogen functional groups attached to an aromatic ring is 1. The van der Waals surface area contributed by atoms with Crippen LogP contribution in [-0.2, 0) is 4.74 Å². The molecule has 6 nitrogen and oxygen atoms in total. The summed E-state index contributed by atoms with van der Waals surface area (Å²) in [5.41, 5.74) is 7.77. The second-order valence-electron chi connectivity index (χ2n) is 4.42. The van der Waals surface area contributed by atoms with Crippen molar-refractivity contribution in [2.45, 2.75) is 12.5 Å². The number of hydrogen-bond acceptors (Lipinski definition) is 5. The van der Waals surface area contributed by atoms with Gasteiger partial charge >= 0.3 is 6.09 Å². The molecule has 1 saturated heterocycles. The minimum Gasteiger partial charge on any atom is -0.453 e. The topological polar surface area (TPSA) is 91.4 Å². The van der Waals surface area contributed by atoms with E-state index in [9.17, 15) is 4.79 Å². The van der Waals surface area contributed by atoms with Gasteiger partial charge in [-0.2, -0.15) is 5.26 Å². The molecule has 1 heterocycles. The van der Waals surface area contributed by atoms with Crippen LogP contribution in [0.25, 0.3) is 0 Å². The van der Waals surface area contributed by atoms with Gasteiger partial charge in [0.2, 0.25) is 0 Å². The predicted octanol–water partition coefficient (Wildman–Crippen LogP) is 1.08. The molecule has 1 aliphatic heterocycles. The second kappa shape index (κ2) is 5.48. The van der Waals surface area contributed by atoms with E-state index in [2.05, 4.69) is 21.0 Å². The van der Waals surface area contributed by atoms with E-state index >= 15 is 0 Å². The molecule has 1 aliphatic rings. The van der Waals surface area contributed by atoms with Crippen molar-refractivity contribution in [2.24, 2.45) is 0 Å². The number of carbonyl (C=O) groups excluding carboxylic acids is 1. The third kappa shape index (κ3) is 2.71. The van der Waals surface area contributed by atoms with Crippen LogP contribution in [0.2, 0.25) is 0 Å². The summed E-state index contributed by atoms with van der Waals surface area (Å²) in [6.45, 7) is 1.45. The third-order valence-corrected chi connectivity index (χ3v) is 3.24. The summed E-state index contributed by atoms with van der Waals surface area (Å²) < 4.78 is 4.58. The molecule has 0 aromatic heterocycles. The number of nitrogens with two attached hydrogens (primary N) is 1. The van der Waals surface area contributed by atoms with Crippen molar-refractivity contribution in [3.63, 3.8) is 0 Å². The molecular weight excluding hydrogens is 244 g/mol. The van der Waals surface area contributed by atoms with Gasteiger partial charge in [-0.05, 0) is 18.6 Å². The molecule has 1 aromatic carbocycles. The van der Waals surface area contributed by atoms with E-state index < -0.39 is 6.09 Å². The number of nitrogens with one attached hydrogen (secondary N) is 1. The van der Waals surface area contributed by atoms with Crippen molar-refractivity contribution in [3.8, 4) is 6.07 Å². The number of benzene rings is 1. The number of alkyl carbamates (subject to hydrolysis) is 1. The van der Waals surface area contributed by atoms with E-state index in [1.165, 1.54) is 7.11 Å². The fourth-order valence-electron chi connectivity index (χ4n) is 2.25. The molecule has 0 saturated carbocycles. The van der Waals surface area contributed by atoms with Gasteiger partial charge in [0, 0.05) is 13.1 Å². The summed E-state index contributed by atoms with van der Waals surface area (Å²) in [7, 11) is 1.34. The Labute approximate surface area is 111 Å². The molecule has 0 aliphatic carbocycles. The minimum atomic E-state index is -0.425. The number of para-hydroxylation sites is 1. The zero-order chi connectivity index (χ0) is 13.8. The third-order valence-electron chi connectivity index (χ3n) is 3.24. The van der Waals surface area contributed by atoms with E-state index in [1.807, 2.05) is 12.1 Å². The fraction of sp³-hybridized carbons (Fsp3) is 0.385. The summed E-state index contributed by atoms with van der Waals surface area (Å²) >= 11 is 0. The molecule has 0 spiro atoms. The molecule has 100 valence electrons. The molecule has 1 amide bonds. The highest BCUT2D eigenvalue weighted by Gasteiger charge is 2.25. The van der Waals surface area contributed by atoms with Crippen LogP contribution in [0.1, 0.15) is 12.0 Å². The number of ether oxygens (including phenoxy) is 1. The monoisotopic (exact) mass is 260 g/mol. The number of rotatable bonds is 2. The first-order valence-corrected chi connectivity index (χ1v) is 6.03. The molecule has 6 heteroatoms. The number of amides is 1. The van der Waals surface area contributed by atoms with Crippen molar-refractivity contribution in [1.29, 1.82) is 5.26 Å². The Balaban J connectivity index is 2.09. The molecule has 1 aromatic rings. The Kier molecular flexibility index (Phi) is 3.76. The smallest absolute Gasteiger partial charge is 0.407 e. The lowest BCUT2D eigenvalue weighted by molar-refractivity contribution is 0.167. The van der Waals surface area contributed by atoms with Crippen molar-refractivity contribution in [3.05, 3.63) is 23.8 Å². The zero-order valence-corrected chi connectivity index (χ0v) is 10.7. The predicted molar refractivity (Wildman–Crippen MR) is 71.7 cm³/mol. The molecule has 1 unspecified atom stereocenters. The van der Waals surface area contributed by atoms with E-state index in [-0.39, 0.29) is 6.04 Å². The van der Waals surface area contributed by atoms with Gasteiger partial charge in [0.05, 0.1) is 30.1 Å². The highest BCUT2D eigenvalue weighted by atomic mass is 16.5. The van der Waals surface area contributed by atoms with Crippen molar-refractivity contribution >= 4 is 17.5 Å². The van der Waals surface area contributed by atoms with Crippen LogP contribution < -0.4 is 16.0 Å². The quantitative estimate of drug-likeness (QED) is 0.776. The van der Waals surface area contributed by atoms with Crippen molar-refractivity contribution in [2.75, 3.05) is 30.8 Å². The molecule has 19 heavy (non-hydrogen) atoms. The van der Waals surface area contributed by atoms with Crippen LogP contribution in [0.4, 0.5) is 16.2 Å². The lowest BCUT2D eigenvalue weighted by Gasteiger charge is -2.21. The van der Waals surface area contributed by atoms with Crippen molar-refractivity contribution < 1.29 is 9.53 Å². The maximum atomic E-state index is 11.2. The van der Waals surface area contributed by atoms with Crippen LogP contribution in [0.3, 0.4) is 0 Å². The highest BCUT2D eigenvalue weighted by molar-refractivity contribution is 5.74. The number of anilines is 2. The Bertz CT molecular complexity index is 524. The Morgan fingerprint density at radius 3 is 3.11 bits per heavy atom. The van der Waals surface area contributed by atoms with Gasteiger partial charge in [-0.25, -0.2) is 4.79 Å². The summed E-state index contributed by atoms with van der Waals surface area (Å²) in [5, 5.41) is 11.7. The van der Waals surface area contributed by atoms with Gasteiger partial charge in [-0.15, -0.1) is 0 Å². The highest BCUT2D eigenvalue weighted by Crippen LogP contribution is 2.29. The Hall–Kier alpha value is -2.42. The maximum absolute atomic E-state index is 11.2. The number of methoxy groups -OCH3 is 1. The molecule has 0 radical (unpaired) electrons. The van der Waals surface area contributed by atoms with Gasteiger partial charge < -0.3 is 20.7 Å². The summed E-state index contributed by atoms with van der Waals surface area (Å²) in [5.74, 6) is 0. The molecule has 1 atom stereocenters. The number of carbonyl (C=O) groups is 1. The van der Waals surface area contributed by atoms with Crippen LogP contribution in [0.15, 0.2) is 18.2 Å². The summed E-state index contributed by atoms with van der Waals surface area (Å²) in [4.78, 5) is 13.2. The van der Waals surface area contributed by atoms with E-state index in [0.29, 0.717) is 17.8 Å². The first kappa shape index (κ1) is 13.0. The average Bonchev–Trinajstić information content (AvgIpc) is 2.87. The molecule has 3 N–H and O–H groups in total. The van der Waals surface area contributed by atoms with Crippen LogP contribution in [-0.4, -0.2) is 32.3 Å². The molecular formula is C13H16N4O2. The SMILES string of the molecule is COC(=O)NC1CCN(c2cccc(C#N)c2N)C1. The van der Waals surface area contributed by atoms with Crippen LogP contribution in [0, 0.1) is 11.3 Å². The molecule has 1 fully saturated rings. The minimum absolute atomic E-state index is 0.0394. The lowest BCUT2D eigenvalue weighted by atomic mass is 10.1. The summed E-state index contributed by atoms with van der Waals surface area (Å²) in [6.07, 6.45) is 0.399. The largest absolute Gasteiger partial charge is 0.453 e. The maximum Gasteiger partial charge on any atom is 0.407 e. The van der Waals surface area contributed by atoms with Gasteiger partial charge in [0.1, 0.15) is 6.07 Å². The first-order chi connectivity index (χ1) is 9.15. The van der Waals surface area contributed by atoms with E-state index in [1.54, 1.807) is 6.07 Å². The number of nitriles is 1. The Morgan fingerprint density at radius 1 is 1.63 bits per heavy atom. The fourth-order valence-corrected chi connectivity index (χ4v) is 2.25. The normalized spacial score (nSPS) is 17.9. The number of nitrogens with zero attached hydrogens (tertiary/aromatic N) is 2. The summed E-state index contributed by atoms with van der Waals surface area (Å²) in [6, 6.07) is 7.50. The average molecular weight is 260 g/mol.